The molecule has 0 bridgehead atoms. The van der Waals surface area contributed by atoms with E-state index in [-0.39, 0.29) is 23.6 Å². The lowest BCUT2D eigenvalue weighted by Gasteiger charge is -2.43. The highest BCUT2D eigenvalue weighted by atomic mass is 16.5. The van der Waals surface area contributed by atoms with E-state index in [0.717, 1.165) is 59.5 Å². The molecule has 2 atom stereocenters. The summed E-state index contributed by atoms with van der Waals surface area (Å²) in [6, 6.07) is 22.1. The number of phenols is 2. The number of aromatic hydroxyl groups is 2. The van der Waals surface area contributed by atoms with Crippen LogP contribution in [0.2, 0.25) is 0 Å². The van der Waals surface area contributed by atoms with Crippen LogP contribution >= 0.6 is 0 Å². The first-order chi connectivity index (χ1) is 22.1. The molecule has 0 radical (unpaired) electrons. The van der Waals surface area contributed by atoms with Crippen LogP contribution in [0.1, 0.15) is 45.5 Å². The zero-order chi connectivity index (χ0) is 32.6. The van der Waals surface area contributed by atoms with Crippen molar-refractivity contribution in [3.8, 4) is 40.2 Å². The van der Waals surface area contributed by atoms with Gasteiger partial charge in [-0.2, -0.15) is 0 Å². The molecule has 0 saturated heterocycles. The van der Waals surface area contributed by atoms with E-state index >= 15 is 0 Å². The van der Waals surface area contributed by atoms with Crippen LogP contribution < -0.4 is 18.9 Å². The van der Waals surface area contributed by atoms with E-state index in [2.05, 4.69) is 50.3 Å². The van der Waals surface area contributed by atoms with Gasteiger partial charge in [0.15, 0.2) is 34.5 Å². The number of benzene rings is 4. The minimum atomic E-state index is 0.0749. The Balaban J connectivity index is 1.19. The van der Waals surface area contributed by atoms with Crippen LogP contribution in [0, 0.1) is 0 Å². The average Bonchev–Trinajstić information content (AvgIpc) is 3.05. The van der Waals surface area contributed by atoms with E-state index in [9.17, 15) is 10.2 Å². The van der Waals surface area contributed by atoms with Gasteiger partial charge in [-0.1, -0.05) is 18.2 Å². The molecule has 0 aliphatic carbocycles. The second kappa shape index (κ2) is 12.8. The molecule has 2 aliphatic heterocycles. The number of phenolic OH excluding ortho intramolecular Hbond substituents is 2. The zero-order valence-corrected chi connectivity index (χ0v) is 27.7. The van der Waals surface area contributed by atoms with Gasteiger partial charge in [0, 0.05) is 31.0 Å². The Kier molecular flexibility index (Phi) is 8.77. The molecule has 8 nitrogen and oxygen atoms in total. The van der Waals surface area contributed by atoms with Crippen LogP contribution in [0.4, 0.5) is 0 Å². The summed E-state index contributed by atoms with van der Waals surface area (Å²) in [5.41, 5.74) is 7.14. The third-order valence-corrected chi connectivity index (χ3v) is 9.90. The van der Waals surface area contributed by atoms with Crippen LogP contribution in [-0.4, -0.2) is 75.2 Å². The largest absolute Gasteiger partial charge is 0.504 e. The number of ether oxygens (including phenoxy) is 4. The maximum Gasteiger partial charge on any atom is 0.169 e. The summed E-state index contributed by atoms with van der Waals surface area (Å²) in [6.45, 7) is 1.95. The second-order valence-electron chi connectivity index (χ2n) is 13.1. The number of hydrogen-bond donors (Lipinski definition) is 2. The maximum absolute atomic E-state index is 10.7. The Hall–Kier alpha value is -4.40. The summed E-state index contributed by atoms with van der Waals surface area (Å²) in [5, 5.41) is 21.2. The lowest BCUT2D eigenvalue weighted by Crippen LogP contribution is -2.48. The molecule has 0 amide bonds. The standard InChI is InChI=1S/C38H44N2O6/c1-39-15-13-26-20-35(43-4)34(42)22-29(26)31(39)17-25-9-12-33(41)36(19-25)46-28-10-7-24(8-11-28)18-32-30-23-38(45-6)37(44-5)21-27(30)14-16-40(32,2)3/h7-12,19-23,31-32H,13-18H2,1-6H3,(H-,41,42)/p+1/t31-,32-/m1/s1. The molecule has 0 aromatic heterocycles. The fourth-order valence-electron chi connectivity index (χ4n) is 7.07. The van der Waals surface area contributed by atoms with Gasteiger partial charge in [-0.15, -0.1) is 0 Å². The maximum atomic E-state index is 10.7. The molecular weight excluding hydrogens is 580 g/mol. The Morgan fingerprint density at radius 2 is 1.35 bits per heavy atom. The summed E-state index contributed by atoms with van der Waals surface area (Å²) in [4.78, 5) is 2.30. The van der Waals surface area contributed by atoms with Crippen molar-refractivity contribution >= 4 is 0 Å². The highest BCUT2D eigenvalue weighted by molar-refractivity contribution is 5.51. The van der Waals surface area contributed by atoms with E-state index < -0.39 is 0 Å². The van der Waals surface area contributed by atoms with Gasteiger partial charge >= 0.3 is 0 Å². The van der Waals surface area contributed by atoms with Crippen molar-refractivity contribution in [3.05, 3.63) is 100 Å². The quantitative estimate of drug-likeness (QED) is 0.203. The topological polar surface area (TPSA) is 80.6 Å². The number of quaternary nitrogens is 1. The number of rotatable bonds is 9. The van der Waals surface area contributed by atoms with Gasteiger partial charge in [-0.3, -0.25) is 4.90 Å². The van der Waals surface area contributed by atoms with E-state index in [1.807, 2.05) is 36.4 Å². The van der Waals surface area contributed by atoms with Crippen LogP contribution in [0.25, 0.3) is 0 Å². The van der Waals surface area contributed by atoms with Crippen molar-refractivity contribution in [1.29, 1.82) is 0 Å². The third kappa shape index (κ3) is 6.19. The average molecular weight is 626 g/mol. The minimum Gasteiger partial charge on any atom is -0.504 e. The molecule has 2 heterocycles. The van der Waals surface area contributed by atoms with Crippen molar-refractivity contribution in [1.82, 2.24) is 4.90 Å². The van der Waals surface area contributed by atoms with Crippen LogP contribution in [0.3, 0.4) is 0 Å². The third-order valence-electron chi connectivity index (χ3n) is 9.90. The van der Waals surface area contributed by atoms with E-state index in [0.29, 0.717) is 23.7 Å². The van der Waals surface area contributed by atoms with Gasteiger partial charge in [0.1, 0.15) is 11.8 Å². The Morgan fingerprint density at radius 1 is 0.696 bits per heavy atom. The molecule has 46 heavy (non-hydrogen) atoms. The Morgan fingerprint density at radius 3 is 2.07 bits per heavy atom. The predicted octanol–water partition coefficient (Wildman–Crippen LogP) is 6.60. The first-order valence-electron chi connectivity index (χ1n) is 15.9. The molecule has 6 rings (SSSR count). The van der Waals surface area contributed by atoms with Crippen molar-refractivity contribution in [2.45, 2.75) is 37.8 Å². The van der Waals surface area contributed by atoms with Gasteiger partial charge < -0.3 is 33.6 Å². The van der Waals surface area contributed by atoms with Crippen LogP contribution in [0.5, 0.6) is 40.2 Å². The van der Waals surface area contributed by atoms with Gasteiger partial charge in [0.25, 0.3) is 0 Å². The van der Waals surface area contributed by atoms with Gasteiger partial charge in [-0.25, -0.2) is 0 Å². The normalized spacial score (nSPS) is 18.7. The number of fused-ring (bicyclic) bond motifs is 2. The fraction of sp³-hybridized carbons (Fsp3) is 0.368. The molecule has 4 aromatic carbocycles. The van der Waals surface area contributed by atoms with Crippen LogP contribution in [-0.2, 0) is 25.7 Å². The highest BCUT2D eigenvalue weighted by Gasteiger charge is 2.37. The summed E-state index contributed by atoms with van der Waals surface area (Å²) in [5.74, 6) is 3.36. The van der Waals surface area contributed by atoms with Crippen molar-refractivity contribution in [3.63, 3.8) is 0 Å². The van der Waals surface area contributed by atoms with Crippen molar-refractivity contribution < 1.29 is 33.6 Å². The predicted molar refractivity (Wildman–Crippen MR) is 179 cm³/mol. The second-order valence-corrected chi connectivity index (χ2v) is 13.1. The highest BCUT2D eigenvalue weighted by Crippen LogP contribution is 2.43. The number of hydrogen-bond acceptors (Lipinski definition) is 7. The van der Waals surface area contributed by atoms with Crippen molar-refractivity contribution in [2.75, 3.05) is 55.6 Å². The van der Waals surface area contributed by atoms with Gasteiger partial charge in [0.2, 0.25) is 0 Å². The Bertz CT molecular complexity index is 1720. The minimum absolute atomic E-state index is 0.0749. The van der Waals surface area contributed by atoms with Crippen molar-refractivity contribution in [2.24, 2.45) is 0 Å². The van der Waals surface area contributed by atoms with Gasteiger partial charge in [0.05, 0.1) is 42.0 Å². The molecule has 0 saturated carbocycles. The summed E-state index contributed by atoms with van der Waals surface area (Å²) < 4.78 is 23.7. The zero-order valence-electron chi connectivity index (χ0n) is 27.7. The molecule has 2 N–H and O–H groups in total. The lowest BCUT2D eigenvalue weighted by atomic mass is 9.87. The first kappa shape index (κ1) is 31.6. The number of nitrogens with zero attached hydrogens (tertiary/aromatic N) is 2. The summed E-state index contributed by atoms with van der Waals surface area (Å²) in [7, 11) is 11.6. The number of likely N-dealkylation sites (N-methyl/N-ethyl adjacent to an activating group) is 2. The summed E-state index contributed by atoms with van der Waals surface area (Å²) in [6.07, 6.45) is 3.47. The fourth-order valence-corrected chi connectivity index (χ4v) is 7.07. The molecule has 242 valence electrons. The monoisotopic (exact) mass is 625 g/mol. The number of methoxy groups -OCH3 is 3. The van der Waals surface area contributed by atoms with E-state index in [4.69, 9.17) is 18.9 Å². The molecule has 0 spiro atoms. The smallest absolute Gasteiger partial charge is 0.169 e. The molecule has 0 unspecified atom stereocenters. The molecular formula is C38H45N2O6+. The van der Waals surface area contributed by atoms with E-state index in [1.54, 1.807) is 27.4 Å². The SMILES string of the molecule is COc1cc2c(cc1O)[C@@H](Cc1ccc(O)c(Oc3ccc(C[C@@H]4c5cc(OC)c(OC)cc5CC[N+]4(C)C)cc3)c1)N(C)CC2. The Labute approximate surface area is 271 Å². The molecule has 0 fully saturated rings. The first-order valence-corrected chi connectivity index (χ1v) is 15.9. The lowest BCUT2D eigenvalue weighted by molar-refractivity contribution is -0.923. The van der Waals surface area contributed by atoms with E-state index in [1.165, 1.54) is 22.3 Å². The molecule has 4 aromatic rings. The molecule has 2 aliphatic rings. The van der Waals surface area contributed by atoms with Crippen LogP contribution in [0.15, 0.2) is 66.7 Å². The molecule has 8 heteroatoms. The summed E-state index contributed by atoms with van der Waals surface area (Å²) >= 11 is 0. The van der Waals surface area contributed by atoms with Gasteiger partial charge in [-0.05, 0) is 96.2 Å².